The van der Waals surface area contributed by atoms with E-state index in [0.29, 0.717) is 12.8 Å². The van der Waals surface area contributed by atoms with Crippen molar-refractivity contribution in [1.82, 2.24) is 5.32 Å². The highest BCUT2D eigenvalue weighted by atomic mass is 19.1. The molecule has 0 aromatic heterocycles. The highest BCUT2D eigenvalue weighted by Gasteiger charge is 2.31. The van der Waals surface area contributed by atoms with Crippen LogP contribution in [0.1, 0.15) is 36.0 Å². The Hall–Kier alpha value is -1.62. The van der Waals surface area contributed by atoms with Crippen molar-refractivity contribution in [3.05, 3.63) is 29.6 Å². The number of rotatable bonds is 3. The van der Waals surface area contributed by atoms with Crippen molar-refractivity contribution in [2.75, 3.05) is 12.3 Å². The summed E-state index contributed by atoms with van der Waals surface area (Å²) >= 11 is 0. The third-order valence-electron chi connectivity index (χ3n) is 3.29. The van der Waals surface area contributed by atoms with Gasteiger partial charge < -0.3 is 16.2 Å². The van der Waals surface area contributed by atoms with Crippen molar-refractivity contribution in [3.8, 4) is 0 Å². The van der Waals surface area contributed by atoms with Crippen LogP contribution in [0.25, 0.3) is 0 Å². The Morgan fingerprint density at radius 2 is 2.06 bits per heavy atom. The van der Waals surface area contributed by atoms with E-state index in [1.165, 1.54) is 6.07 Å². The van der Waals surface area contributed by atoms with Gasteiger partial charge in [0, 0.05) is 17.8 Å². The summed E-state index contributed by atoms with van der Waals surface area (Å²) in [6, 6.07) is 3.70. The number of nitrogens with two attached hydrogens (primary N) is 1. The largest absolute Gasteiger partial charge is 0.399 e. The summed E-state index contributed by atoms with van der Waals surface area (Å²) < 4.78 is 13.1. The number of anilines is 1. The average molecular weight is 252 g/mol. The van der Waals surface area contributed by atoms with Crippen molar-refractivity contribution in [1.29, 1.82) is 0 Å². The Balaban J connectivity index is 1.99. The van der Waals surface area contributed by atoms with E-state index in [4.69, 9.17) is 5.73 Å². The molecule has 1 saturated carbocycles. The van der Waals surface area contributed by atoms with E-state index >= 15 is 0 Å². The average Bonchev–Trinajstić information content (AvgIpc) is 2.72. The molecule has 0 unspecified atom stereocenters. The minimum Gasteiger partial charge on any atom is -0.399 e. The van der Waals surface area contributed by atoms with Gasteiger partial charge in [0.25, 0.3) is 5.91 Å². The predicted molar refractivity (Wildman–Crippen MR) is 66.6 cm³/mol. The van der Waals surface area contributed by atoms with Gasteiger partial charge in [0.1, 0.15) is 5.82 Å². The number of nitrogens with one attached hydrogen (secondary N) is 1. The molecular weight excluding hydrogens is 235 g/mol. The summed E-state index contributed by atoms with van der Waals surface area (Å²) in [5, 5.41) is 12.7. The lowest BCUT2D eigenvalue weighted by Crippen LogP contribution is -2.40. The second-order valence-corrected chi connectivity index (χ2v) is 4.89. The van der Waals surface area contributed by atoms with Crippen LogP contribution in [0.15, 0.2) is 18.2 Å². The number of aliphatic hydroxyl groups is 1. The maximum atomic E-state index is 13.1. The molecule has 0 bridgehead atoms. The SMILES string of the molecule is Nc1cc(F)cc(C(=O)NCC2(O)CCCC2)c1. The maximum absolute atomic E-state index is 13.1. The monoisotopic (exact) mass is 252 g/mol. The molecule has 0 radical (unpaired) electrons. The molecule has 18 heavy (non-hydrogen) atoms. The molecule has 1 aromatic rings. The van der Waals surface area contributed by atoms with Gasteiger partial charge in [-0.3, -0.25) is 4.79 Å². The van der Waals surface area contributed by atoms with Crippen LogP contribution in [0.5, 0.6) is 0 Å². The molecule has 5 heteroatoms. The van der Waals surface area contributed by atoms with Crippen LogP contribution < -0.4 is 11.1 Å². The molecule has 1 aromatic carbocycles. The van der Waals surface area contributed by atoms with Gasteiger partial charge in [-0.05, 0) is 31.0 Å². The van der Waals surface area contributed by atoms with Crippen LogP contribution in [-0.4, -0.2) is 23.2 Å². The van der Waals surface area contributed by atoms with Crippen LogP contribution in [0, 0.1) is 5.82 Å². The van der Waals surface area contributed by atoms with Crippen LogP contribution >= 0.6 is 0 Å². The summed E-state index contributed by atoms with van der Waals surface area (Å²) in [6.07, 6.45) is 3.33. The van der Waals surface area contributed by atoms with E-state index in [0.717, 1.165) is 25.0 Å². The van der Waals surface area contributed by atoms with Gasteiger partial charge in [0.2, 0.25) is 0 Å². The molecule has 4 N–H and O–H groups in total. The summed E-state index contributed by atoms with van der Waals surface area (Å²) in [5.74, 6) is -0.957. The number of hydrogen-bond acceptors (Lipinski definition) is 3. The van der Waals surface area contributed by atoms with Gasteiger partial charge in [-0.2, -0.15) is 0 Å². The number of hydrogen-bond donors (Lipinski definition) is 3. The number of nitrogen functional groups attached to an aromatic ring is 1. The Morgan fingerprint density at radius 3 is 2.67 bits per heavy atom. The van der Waals surface area contributed by atoms with Gasteiger partial charge in [0.15, 0.2) is 0 Å². The highest BCUT2D eigenvalue weighted by molar-refractivity contribution is 5.95. The lowest BCUT2D eigenvalue weighted by atomic mass is 10.0. The molecular formula is C13H17FN2O2. The van der Waals surface area contributed by atoms with E-state index < -0.39 is 17.3 Å². The van der Waals surface area contributed by atoms with Crippen molar-refractivity contribution >= 4 is 11.6 Å². The molecule has 1 fully saturated rings. The minimum atomic E-state index is -0.811. The van der Waals surface area contributed by atoms with E-state index in [9.17, 15) is 14.3 Å². The Bertz CT molecular complexity index is 436. The fourth-order valence-electron chi connectivity index (χ4n) is 2.30. The topological polar surface area (TPSA) is 75.4 Å². The maximum Gasteiger partial charge on any atom is 0.251 e. The third-order valence-corrected chi connectivity index (χ3v) is 3.29. The molecule has 0 spiro atoms. The molecule has 2 rings (SSSR count). The van der Waals surface area contributed by atoms with Gasteiger partial charge in [-0.25, -0.2) is 4.39 Å². The molecule has 0 atom stereocenters. The molecule has 1 amide bonds. The predicted octanol–water partition coefficient (Wildman–Crippen LogP) is 1.44. The lowest BCUT2D eigenvalue weighted by molar-refractivity contribution is 0.0449. The first-order chi connectivity index (χ1) is 8.48. The van der Waals surface area contributed by atoms with E-state index in [2.05, 4.69) is 5.32 Å². The Labute approximate surface area is 105 Å². The number of benzene rings is 1. The zero-order valence-electron chi connectivity index (χ0n) is 10.1. The molecule has 98 valence electrons. The van der Waals surface area contributed by atoms with Crippen molar-refractivity contribution < 1.29 is 14.3 Å². The van der Waals surface area contributed by atoms with E-state index in [-0.39, 0.29) is 17.8 Å². The van der Waals surface area contributed by atoms with Crippen LogP contribution in [-0.2, 0) is 0 Å². The second-order valence-electron chi connectivity index (χ2n) is 4.89. The molecule has 0 aliphatic heterocycles. The number of carbonyl (C=O) groups excluding carboxylic acids is 1. The fraction of sp³-hybridized carbons (Fsp3) is 0.462. The summed E-state index contributed by atoms with van der Waals surface area (Å²) in [5.41, 5.74) is 5.04. The first kappa shape index (κ1) is 12.8. The number of amides is 1. The smallest absolute Gasteiger partial charge is 0.251 e. The van der Waals surface area contributed by atoms with Crippen molar-refractivity contribution in [3.63, 3.8) is 0 Å². The molecule has 0 saturated heterocycles. The quantitative estimate of drug-likeness (QED) is 0.712. The van der Waals surface area contributed by atoms with Gasteiger partial charge in [-0.1, -0.05) is 12.8 Å². The third kappa shape index (κ3) is 2.98. The minimum absolute atomic E-state index is 0.175. The summed E-state index contributed by atoms with van der Waals surface area (Å²) in [6.45, 7) is 0.197. The van der Waals surface area contributed by atoms with Crippen molar-refractivity contribution in [2.24, 2.45) is 0 Å². The van der Waals surface area contributed by atoms with Crippen LogP contribution in [0.2, 0.25) is 0 Å². The molecule has 1 aliphatic carbocycles. The van der Waals surface area contributed by atoms with Gasteiger partial charge >= 0.3 is 0 Å². The van der Waals surface area contributed by atoms with Crippen LogP contribution in [0.3, 0.4) is 0 Å². The fourth-order valence-corrected chi connectivity index (χ4v) is 2.30. The van der Waals surface area contributed by atoms with Gasteiger partial charge in [0.05, 0.1) is 5.60 Å². The molecule has 4 nitrogen and oxygen atoms in total. The van der Waals surface area contributed by atoms with Crippen molar-refractivity contribution in [2.45, 2.75) is 31.3 Å². The lowest BCUT2D eigenvalue weighted by Gasteiger charge is -2.22. The Morgan fingerprint density at radius 1 is 1.39 bits per heavy atom. The second kappa shape index (κ2) is 4.94. The summed E-state index contributed by atoms with van der Waals surface area (Å²) in [7, 11) is 0. The zero-order chi connectivity index (χ0) is 13.2. The van der Waals surface area contributed by atoms with Gasteiger partial charge in [-0.15, -0.1) is 0 Å². The molecule has 1 aliphatic rings. The first-order valence-corrected chi connectivity index (χ1v) is 6.05. The zero-order valence-corrected chi connectivity index (χ0v) is 10.1. The number of carbonyl (C=O) groups is 1. The number of halogens is 1. The summed E-state index contributed by atoms with van der Waals surface area (Å²) in [4.78, 5) is 11.8. The van der Waals surface area contributed by atoms with E-state index in [1.54, 1.807) is 0 Å². The highest BCUT2D eigenvalue weighted by Crippen LogP contribution is 2.28. The normalized spacial score (nSPS) is 17.7. The standard InChI is InChI=1S/C13H17FN2O2/c14-10-5-9(6-11(15)7-10)12(17)16-8-13(18)3-1-2-4-13/h5-7,18H,1-4,8,15H2,(H,16,17). The van der Waals surface area contributed by atoms with E-state index in [1.807, 2.05) is 0 Å². The molecule has 0 heterocycles. The first-order valence-electron chi connectivity index (χ1n) is 6.05. The van der Waals surface area contributed by atoms with Crippen LogP contribution in [0.4, 0.5) is 10.1 Å². The Kier molecular flexibility index (Phi) is 3.52.